The number of hydrogen-bond acceptors (Lipinski definition) is 3. The third-order valence-electron chi connectivity index (χ3n) is 5.59. The topological polar surface area (TPSA) is 35.5 Å². The van der Waals surface area contributed by atoms with Crippen LogP contribution in [0.1, 0.15) is 58.3 Å². The summed E-state index contributed by atoms with van der Waals surface area (Å²) in [5.41, 5.74) is 0.0164. The van der Waals surface area contributed by atoms with Crippen LogP contribution in [-0.2, 0) is 0 Å². The SMILES string of the molecule is CNCC1(CN(C)CC2(O)CCCC2)CCC(C)CC1. The van der Waals surface area contributed by atoms with Crippen molar-refractivity contribution in [3.8, 4) is 0 Å². The summed E-state index contributed by atoms with van der Waals surface area (Å²) >= 11 is 0. The monoisotopic (exact) mass is 282 g/mol. The minimum absolute atomic E-state index is 0.405. The van der Waals surface area contributed by atoms with Crippen molar-refractivity contribution < 1.29 is 5.11 Å². The van der Waals surface area contributed by atoms with Crippen molar-refractivity contribution in [3.05, 3.63) is 0 Å². The first kappa shape index (κ1) is 16.3. The zero-order chi connectivity index (χ0) is 14.6. The van der Waals surface area contributed by atoms with E-state index in [2.05, 4.69) is 31.2 Å². The molecule has 0 unspecified atom stereocenters. The number of aliphatic hydroxyl groups is 1. The predicted octanol–water partition coefficient (Wildman–Crippen LogP) is 2.64. The molecule has 2 N–H and O–H groups in total. The quantitative estimate of drug-likeness (QED) is 0.786. The van der Waals surface area contributed by atoms with Crippen LogP contribution in [0, 0.1) is 11.3 Å². The van der Waals surface area contributed by atoms with E-state index in [1.807, 2.05) is 0 Å². The molecule has 2 aliphatic carbocycles. The van der Waals surface area contributed by atoms with Gasteiger partial charge in [-0.05, 0) is 51.1 Å². The Morgan fingerprint density at radius 1 is 1.10 bits per heavy atom. The average Bonchev–Trinajstić information content (AvgIpc) is 2.79. The zero-order valence-electron chi connectivity index (χ0n) is 13.7. The van der Waals surface area contributed by atoms with Gasteiger partial charge in [0.25, 0.3) is 0 Å². The van der Waals surface area contributed by atoms with Gasteiger partial charge in [-0.2, -0.15) is 0 Å². The van der Waals surface area contributed by atoms with Crippen LogP contribution in [0.3, 0.4) is 0 Å². The van der Waals surface area contributed by atoms with Crippen molar-refractivity contribution in [1.29, 1.82) is 0 Å². The molecule has 0 spiro atoms. The Balaban J connectivity index is 1.90. The maximum atomic E-state index is 10.6. The first-order valence-corrected chi connectivity index (χ1v) is 8.53. The largest absolute Gasteiger partial charge is 0.389 e. The Labute approximate surface area is 125 Å². The van der Waals surface area contributed by atoms with Crippen LogP contribution in [-0.4, -0.2) is 49.3 Å². The Kier molecular flexibility index (Phi) is 5.49. The van der Waals surface area contributed by atoms with Gasteiger partial charge >= 0.3 is 0 Å². The predicted molar refractivity (Wildman–Crippen MR) is 84.9 cm³/mol. The fourth-order valence-corrected chi connectivity index (χ4v) is 4.46. The van der Waals surface area contributed by atoms with Gasteiger partial charge < -0.3 is 15.3 Å². The van der Waals surface area contributed by atoms with Gasteiger partial charge in [0, 0.05) is 19.6 Å². The number of likely N-dealkylation sites (N-methyl/N-ethyl adjacent to an activating group) is 1. The summed E-state index contributed by atoms with van der Waals surface area (Å²) in [4.78, 5) is 2.40. The number of rotatable bonds is 6. The van der Waals surface area contributed by atoms with E-state index < -0.39 is 5.60 Å². The highest BCUT2D eigenvalue weighted by Gasteiger charge is 2.37. The van der Waals surface area contributed by atoms with E-state index in [4.69, 9.17) is 0 Å². The normalized spacial score (nSPS) is 33.8. The first-order valence-electron chi connectivity index (χ1n) is 8.53. The molecular weight excluding hydrogens is 248 g/mol. The Morgan fingerprint density at radius 3 is 2.25 bits per heavy atom. The lowest BCUT2D eigenvalue weighted by Gasteiger charge is -2.43. The first-order chi connectivity index (χ1) is 9.47. The maximum Gasteiger partial charge on any atom is 0.0774 e. The van der Waals surface area contributed by atoms with Gasteiger partial charge in [-0.3, -0.25) is 0 Å². The minimum Gasteiger partial charge on any atom is -0.389 e. The van der Waals surface area contributed by atoms with Crippen molar-refractivity contribution in [2.45, 2.75) is 63.9 Å². The fraction of sp³-hybridized carbons (Fsp3) is 1.00. The molecule has 3 nitrogen and oxygen atoms in total. The second-order valence-corrected chi connectivity index (χ2v) is 7.82. The molecule has 0 atom stereocenters. The molecule has 0 amide bonds. The van der Waals surface area contributed by atoms with Gasteiger partial charge in [0.2, 0.25) is 0 Å². The molecule has 0 radical (unpaired) electrons. The van der Waals surface area contributed by atoms with Crippen LogP contribution >= 0.6 is 0 Å². The van der Waals surface area contributed by atoms with Gasteiger partial charge in [-0.15, -0.1) is 0 Å². The highest BCUT2D eigenvalue weighted by Crippen LogP contribution is 2.39. The summed E-state index contributed by atoms with van der Waals surface area (Å²) in [6.45, 7) is 5.48. The molecule has 0 heterocycles. The smallest absolute Gasteiger partial charge is 0.0774 e. The average molecular weight is 282 g/mol. The van der Waals surface area contributed by atoms with Crippen LogP contribution in [0.25, 0.3) is 0 Å². The summed E-state index contributed by atoms with van der Waals surface area (Å²) in [6.07, 6.45) is 9.77. The molecule has 0 saturated heterocycles. The lowest BCUT2D eigenvalue weighted by molar-refractivity contribution is -0.00108. The van der Waals surface area contributed by atoms with Crippen LogP contribution < -0.4 is 5.32 Å². The molecule has 20 heavy (non-hydrogen) atoms. The number of nitrogens with zero attached hydrogens (tertiary/aromatic N) is 1. The zero-order valence-corrected chi connectivity index (χ0v) is 13.7. The Hall–Kier alpha value is -0.120. The van der Waals surface area contributed by atoms with E-state index in [0.29, 0.717) is 5.41 Å². The minimum atomic E-state index is -0.405. The van der Waals surface area contributed by atoms with Gasteiger partial charge in [-0.1, -0.05) is 32.6 Å². The highest BCUT2D eigenvalue weighted by molar-refractivity contribution is 4.92. The van der Waals surface area contributed by atoms with Gasteiger partial charge in [0.05, 0.1) is 5.60 Å². The fourth-order valence-electron chi connectivity index (χ4n) is 4.46. The van der Waals surface area contributed by atoms with Crippen molar-refractivity contribution >= 4 is 0 Å². The molecule has 2 fully saturated rings. The summed E-state index contributed by atoms with van der Waals surface area (Å²) in [7, 11) is 4.27. The molecule has 2 saturated carbocycles. The van der Waals surface area contributed by atoms with Gasteiger partial charge in [0.15, 0.2) is 0 Å². The summed E-state index contributed by atoms with van der Waals surface area (Å²) in [5.74, 6) is 0.893. The number of hydrogen-bond donors (Lipinski definition) is 2. The molecule has 3 heteroatoms. The summed E-state index contributed by atoms with van der Waals surface area (Å²) < 4.78 is 0. The second-order valence-electron chi connectivity index (χ2n) is 7.82. The summed E-state index contributed by atoms with van der Waals surface area (Å²) in [5, 5.41) is 14.0. The van der Waals surface area contributed by atoms with Crippen molar-refractivity contribution in [3.63, 3.8) is 0 Å². The third-order valence-corrected chi connectivity index (χ3v) is 5.59. The highest BCUT2D eigenvalue weighted by atomic mass is 16.3. The van der Waals surface area contributed by atoms with Gasteiger partial charge in [0.1, 0.15) is 0 Å². The summed E-state index contributed by atoms with van der Waals surface area (Å²) in [6, 6.07) is 0. The van der Waals surface area contributed by atoms with Crippen LogP contribution in [0.4, 0.5) is 0 Å². The Bertz CT molecular complexity index is 291. The molecule has 0 aromatic rings. The van der Waals surface area contributed by atoms with Crippen molar-refractivity contribution in [1.82, 2.24) is 10.2 Å². The van der Waals surface area contributed by atoms with E-state index in [9.17, 15) is 5.11 Å². The van der Waals surface area contributed by atoms with Crippen LogP contribution in [0.2, 0.25) is 0 Å². The molecule has 118 valence electrons. The van der Waals surface area contributed by atoms with Gasteiger partial charge in [-0.25, -0.2) is 0 Å². The van der Waals surface area contributed by atoms with Crippen LogP contribution in [0.5, 0.6) is 0 Å². The molecule has 0 aromatic carbocycles. The molecule has 2 rings (SSSR count). The van der Waals surface area contributed by atoms with Crippen molar-refractivity contribution in [2.75, 3.05) is 33.7 Å². The van der Waals surface area contributed by atoms with Crippen LogP contribution in [0.15, 0.2) is 0 Å². The lowest BCUT2D eigenvalue weighted by atomic mass is 9.70. The number of nitrogens with one attached hydrogen (secondary N) is 1. The molecule has 2 aliphatic rings. The van der Waals surface area contributed by atoms with E-state index in [1.165, 1.54) is 38.5 Å². The van der Waals surface area contributed by atoms with Crippen molar-refractivity contribution in [2.24, 2.45) is 11.3 Å². The standard InChI is InChI=1S/C17H34N2O/c1-15-6-10-16(11-7-15,12-18-2)13-19(3)14-17(20)8-4-5-9-17/h15,18,20H,4-14H2,1-3H3. The molecule has 0 bridgehead atoms. The molecule has 0 aliphatic heterocycles. The van der Waals surface area contributed by atoms with E-state index in [1.54, 1.807) is 0 Å². The van der Waals surface area contributed by atoms with E-state index >= 15 is 0 Å². The van der Waals surface area contributed by atoms with E-state index in [0.717, 1.165) is 38.4 Å². The molecular formula is C17H34N2O. The Morgan fingerprint density at radius 2 is 1.70 bits per heavy atom. The second kappa shape index (κ2) is 6.76. The van der Waals surface area contributed by atoms with E-state index in [-0.39, 0.29) is 0 Å². The lowest BCUT2D eigenvalue weighted by Crippen LogP contribution is -2.48. The third kappa shape index (κ3) is 4.19. The maximum absolute atomic E-state index is 10.6. The molecule has 0 aromatic heterocycles.